The second-order valence-corrected chi connectivity index (χ2v) is 12.5. The largest absolute Gasteiger partial charge is 2.00 e. The average Bonchev–Trinajstić information content (AvgIpc) is 3.45. The molecule has 4 heteroatoms. The van der Waals surface area contributed by atoms with E-state index in [0.29, 0.717) is 23.7 Å². The maximum absolute atomic E-state index is 3.66. The number of hydrogen-bond donors (Lipinski definition) is 0. The Kier molecular flexibility index (Phi) is 14.3. The number of nitrogens with zero attached hydrogens (tertiary/aromatic N) is 2. The summed E-state index contributed by atoms with van der Waals surface area (Å²) in [6.45, 7) is 32.8. The molecular weight excluding hydrogens is 589 g/mol. The Morgan fingerprint density at radius 1 is 0.463 bits per heavy atom. The van der Waals surface area contributed by atoms with Gasteiger partial charge in [-0.1, -0.05) is 126 Å². The smallest absolute Gasteiger partial charge is 0.870 e. The standard InChI is InChI=1S/C27H36N2.C10H15.H2O.Ru/c1-18(2)22-11-9-12-23(19(3)4)26(22)28-15-16-29(17-28)27-24(20(5)6)13-10-14-25(27)21(7)8;1-6-7(2)9(4)10(5)8(6)3;;/h9-16,18-21H,1-8H3;1-5H3;1H2;/q;;;+2/p-1. The number of para-hydroxylation sites is 2. The molecule has 0 atom stereocenters. The van der Waals surface area contributed by atoms with Crippen molar-refractivity contribution < 1.29 is 25.0 Å². The van der Waals surface area contributed by atoms with E-state index in [1.54, 1.807) is 0 Å². The summed E-state index contributed by atoms with van der Waals surface area (Å²) >= 11 is 0. The van der Waals surface area contributed by atoms with Gasteiger partial charge in [0.05, 0.1) is 11.4 Å². The summed E-state index contributed by atoms with van der Waals surface area (Å²) in [6, 6.07) is 13.4. The molecule has 3 nitrogen and oxygen atoms in total. The molecule has 2 aromatic carbocycles. The Balaban J connectivity index is 0.000000596. The molecule has 7 radical (unpaired) electrons. The zero-order valence-corrected chi connectivity index (χ0v) is 29.4. The average molecular weight is 642 g/mol. The molecule has 0 aromatic heterocycles. The number of anilines is 2. The van der Waals surface area contributed by atoms with Crippen molar-refractivity contribution in [2.24, 2.45) is 0 Å². The molecule has 2 aliphatic rings. The Hall–Kier alpha value is -1.64. The molecule has 223 valence electrons. The fraction of sp³-hybridized carbons (Fsp3) is 0.459. The summed E-state index contributed by atoms with van der Waals surface area (Å²) in [6.07, 6.45) is 4.32. The van der Waals surface area contributed by atoms with E-state index in [0.717, 1.165) is 0 Å². The SMILES string of the molecule is CC(C)c1cccc(C(C)C)c1N1[C]N(c2c(C(C)C)cccc2C(C)C)C=C1.C[C]1[C](C)[C](C)[C](C)[C]1C.[OH-].[Ru+2]. The minimum Gasteiger partial charge on any atom is -0.870 e. The van der Waals surface area contributed by atoms with E-state index >= 15 is 0 Å². The second kappa shape index (κ2) is 15.7. The van der Waals surface area contributed by atoms with Crippen LogP contribution >= 0.6 is 0 Å². The second-order valence-electron chi connectivity index (χ2n) is 12.5. The van der Waals surface area contributed by atoms with Crippen LogP contribution < -0.4 is 9.80 Å². The van der Waals surface area contributed by atoms with Crippen LogP contribution in [0.25, 0.3) is 0 Å². The van der Waals surface area contributed by atoms with Gasteiger partial charge in [0.1, 0.15) is 0 Å². The molecule has 0 amide bonds. The molecule has 41 heavy (non-hydrogen) atoms. The van der Waals surface area contributed by atoms with E-state index in [-0.39, 0.29) is 25.0 Å². The van der Waals surface area contributed by atoms with Gasteiger partial charge in [-0.3, -0.25) is 0 Å². The van der Waals surface area contributed by atoms with Crippen molar-refractivity contribution in [3.8, 4) is 0 Å². The molecule has 1 saturated carbocycles. The maximum atomic E-state index is 3.66. The van der Waals surface area contributed by atoms with Gasteiger partial charge in [0.2, 0.25) is 6.67 Å². The minimum absolute atomic E-state index is 0. The van der Waals surface area contributed by atoms with E-state index in [4.69, 9.17) is 0 Å². The van der Waals surface area contributed by atoms with Gasteiger partial charge in [-0.05, 0) is 75.5 Å². The van der Waals surface area contributed by atoms with Crippen LogP contribution in [0.5, 0.6) is 0 Å². The van der Waals surface area contributed by atoms with Crippen LogP contribution in [-0.2, 0) is 19.5 Å². The zero-order valence-electron chi connectivity index (χ0n) is 27.6. The predicted molar refractivity (Wildman–Crippen MR) is 173 cm³/mol. The van der Waals surface area contributed by atoms with Gasteiger partial charge in [0, 0.05) is 12.4 Å². The van der Waals surface area contributed by atoms with Crippen molar-refractivity contribution in [2.45, 2.75) is 114 Å². The Morgan fingerprint density at radius 3 is 0.878 bits per heavy atom. The van der Waals surface area contributed by atoms with Crippen LogP contribution in [0, 0.1) is 36.3 Å². The molecular formula is C37H52N2ORu+. The van der Waals surface area contributed by atoms with Crippen LogP contribution in [-0.4, -0.2) is 5.48 Å². The predicted octanol–water partition coefficient (Wildman–Crippen LogP) is 10.8. The first-order valence-electron chi connectivity index (χ1n) is 14.8. The van der Waals surface area contributed by atoms with E-state index in [9.17, 15) is 0 Å². The summed E-state index contributed by atoms with van der Waals surface area (Å²) in [5, 5.41) is 0. The minimum atomic E-state index is 0. The molecule has 1 aliphatic carbocycles. The van der Waals surface area contributed by atoms with Gasteiger partial charge in [0.25, 0.3) is 0 Å². The fourth-order valence-corrected chi connectivity index (χ4v) is 5.55. The summed E-state index contributed by atoms with van der Waals surface area (Å²) in [5.41, 5.74) is 8.05. The topological polar surface area (TPSA) is 36.5 Å². The summed E-state index contributed by atoms with van der Waals surface area (Å²) in [4.78, 5) is 4.40. The van der Waals surface area contributed by atoms with Crippen molar-refractivity contribution in [1.29, 1.82) is 0 Å². The zero-order chi connectivity index (χ0) is 29.2. The quantitative estimate of drug-likeness (QED) is 0.295. The van der Waals surface area contributed by atoms with E-state index in [1.165, 1.54) is 63.2 Å². The van der Waals surface area contributed by atoms with Crippen molar-refractivity contribution >= 4 is 11.4 Å². The molecule has 1 aliphatic heterocycles. The van der Waals surface area contributed by atoms with Gasteiger partial charge in [-0.15, -0.1) is 0 Å². The van der Waals surface area contributed by atoms with E-state index in [2.05, 4.69) is 155 Å². The molecule has 0 unspecified atom stereocenters. The molecule has 0 bridgehead atoms. The molecule has 1 N–H and O–H groups in total. The van der Waals surface area contributed by atoms with Gasteiger partial charge < -0.3 is 15.3 Å². The van der Waals surface area contributed by atoms with Crippen LogP contribution in [0.1, 0.15) is 136 Å². The monoisotopic (exact) mass is 642 g/mol. The van der Waals surface area contributed by atoms with E-state index < -0.39 is 0 Å². The third kappa shape index (κ3) is 8.05. The number of benzene rings is 2. The Labute approximate surface area is 266 Å². The van der Waals surface area contributed by atoms with Gasteiger partial charge >= 0.3 is 19.5 Å². The van der Waals surface area contributed by atoms with Crippen LogP contribution in [0.4, 0.5) is 11.4 Å². The first kappa shape index (κ1) is 37.4. The van der Waals surface area contributed by atoms with Crippen LogP contribution in [0.15, 0.2) is 48.8 Å². The van der Waals surface area contributed by atoms with Crippen LogP contribution in [0.2, 0.25) is 0 Å². The molecule has 0 spiro atoms. The number of rotatable bonds is 6. The third-order valence-electron chi connectivity index (χ3n) is 8.56. The van der Waals surface area contributed by atoms with Crippen LogP contribution in [0.3, 0.4) is 0 Å². The molecule has 2 aromatic rings. The summed E-state index contributed by atoms with van der Waals surface area (Å²) in [5.74, 6) is 9.18. The molecule has 4 rings (SSSR count). The summed E-state index contributed by atoms with van der Waals surface area (Å²) < 4.78 is 0. The van der Waals surface area contributed by atoms with Crippen molar-refractivity contribution in [2.75, 3.05) is 9.80 Å². The third-order valence-corrected chi connectivity index (χ3v) is 8.56. The first-order chi connectivity index (χ1) is 18.3. The van der Waals surface area contributed by atoms with E-state index in [1.807, 2.05) is 0 Å². The van der Waals surface area contributed by atoms with Gasteiger partial charge in [-0.25, -0.2) is 0 Å². The molecule has 1 fully saturated rings. The van der Waals surface area contributed by atoms with Crippen molar-refractivity contribution in [1.82, 2.24) is 0 Å². The Morgan fingerprint density at radius 2 is 0.683 bits per heavy atom. The maximum Gasteiger partial charge on any atom is 2.00 e. The van der Waals surface area contributed by atoms with Gasteiger partial charge in [0.15, 0.2) is 0 Å². The first-order valence-corrected chi connectivity index (χ1v) is 14.8. The van der Waals surface area contributed by atoms with Gasteiger partial charge in [-0.2, -0.15) is 0 Å². The molecule has 0 saturated heterocycles. The fourth-order valence-electron chi connectivity index (χ4n) is 5.55. The normalized spacial score (nSPS) is 17.1. The summed E-state index contributed by atoms with van der Waals surface area (Å²) in [7, 11) is 0. The van der Waals surface area contributed by atoms with Crippen molar-refractivity contribution in [3.63, 3.8) is 0 Å². The Bertz CT molecular complexity index is 953. The molecule has 1 heterocycles. The van der Waals surface area contributed by atoms with Crippen molar-refractivity contribution in [3.05, 3.63) is 107 Å². The number of hydrogen-bond acceptors (Lipinski definition) is 3.